The average molecular weight is 331 g/mol. The number of rotatable bonds is 1. The van der Waals surface area contributed by atoms with E-state index < -0.39 is 5.91 Å². The summed E-state index contributed by atoms with van der Waals surface area (Å²) in [6.45, 7) is 1.88. The minimum absolute atomic E-state index is 0. The van der Waals surface area contributed by atoms with Crippen molar-refractivity contribution in [2.45, 2.75) is 6.92 Å². The maximum Gasteiger partial charge on any atom is 1.00 e. The smallest absolute Gasteiger partial charge is 0.410 e. The number of aromatic amines is 1. The van der Waals surface area contributed by atoms with Gasteiger partial charge >= 0.3 is 51.4 Å². The van der Waals surface area contributed by atoms with Gasteiger partial charge in [-0.1, -0.05) is 12.1 Å². The van der Waals surface area contributed by atoms with E-state index in [1.165, 1.54) is 6.20 Å². The Morgan fingerprint density at radius 2 is 2.05 bits per heavy atom. The monoisotopic (exact) mass is 331 g/mol. The minimum atomic E-state index is -0.586. The number of hydrazine groups is 1. The Morgan fingerprint density at radius 3 is 2.70 bits per heavy atom. The molecule has 2 rings (SSSR count). The molecule has 0 fully saturated rings. The maximum absolute atomic E-state index is 12.2. The molecule has 8 heteroatoms. The van der Waals surface area contributed by atoms with Crippen LogP contribution < -0.4 is 67.7 Å². The number of hydrogen-bond donors (Lipinski definition) is 3. The van der Waals surface area contributed by atoms with Gasteiger partial charge in [-0.2, -0.15) is 0 Å². The number of carbonyl (C=O) groups excluding carboxylic acids is 1. The number of pyridine rings is 1. The van der Waals surface area contributed by atoms with Crippen molar-refractivity contribution >= 4 is 46.0 Å². The fourth-order valence-corrected chi connectivity index (χ4v) is 1.85. The molecular weight excluding hydrogens is 321 g/mol. The van der Waals surface area contributed by atoms with Crippen molar-refractivity contribution in [2.75, 3.05) is 0 Å². The van der Waals surface area contributed by atoms with E-state index in [2.05, 4.69) is 40.7 Å². The summed E-state index contributed by atoms with van der Waals surface area (Å²) in [5, 5.41) is 0.466. The summed E-state index contributed by atoms with van der Waals surface area (Å²) in [4.78, 5) is 26.9. The average Bonchev–Trinajstić information content (AvgIpc) is 2.37. The number of thiocarbonyl (C=S) groups is 1. The van der Waals surface area contributed by atoms with Gasteiger partial charge in [0.05, 0.1) is 5.52 Å². The van der Waals surface area contributed by atoms with Crippen LogP contribution in [0, 0.1) is 6.92 Å². The van der Waals surface area contributed by atoms with Crippen molar-refractivity contribution in [1.82, 2.24) is 15.8 Å². The number of benzene rings is 1. The third-order valence-electron chi connectivity index (χ3n) is 2.65. The van der Waals surface area contributed by atoms with Crippen LogP contribution in [0.1, 0.15) is 15.9 Å². The Bertz CT molecular complexity index is 730. The van der Waals surface area contributed by atoms with E-state index in [0.29, 0.717) is 5.39 Å². The van der Waals surface area contributed by atoms with E-state index in [4.69, 9.17) is 0 Å². The number of fused-ring (bicyclic) bond motifs is 1. The molecule has 0 saturated carbocycles. The molecule has 98 valence electrons. The molecule has 0 aliphatic heterocycles. The second-order valence-electron chi connectivity index (χ2n) is 3.90. The molecule has 0 radical (unpaired) electrons. The summed E-state index contributed by atoms with van der Waals surface area (Å²) in [5.74, 6) is -0.586. The number of amides is 1. The molecule has 3 N–H and O–H groups in total. The van der Waals surface area contributed by atoms with Gasteiger partial charge in [-0.05, 0) is 22.9 Å². The van der Waals surface area contributed by atoms with Crippen molar-refractivity contribution in [3.05, 3.63) is 45.7 Å². The van der Waals surface area contributed by atoms with Gasteiger partial charge in [0.1, 0.15) is 5.56 Å². The molecule has 20 heavy (non-hydrogen) atoms. The first kappa shape index (κ1) is 17.7. The zero-order valence-electron chi connectivity index (χ0n) is 10.9. The predicted octanol–water partition coefficient (Wildman–Crippen LogP) is -2.09. The molecule has 0 saturated heterocycles. The van der Waals surface area contributed by atoms with Crippen LogP contribution in [0.4, 0.5) is 0 Å². The first-order valence-corrected chi connectivity index (χ1v) is 6.20. The number of aromatic nitrogens is 1. The molecule has 0 bridgehead atoms. The Labute approximate surface area is 168 Å². The topological polar surface area (TPSA) is 74.0 Å². The van der Waals surface area contributed by atoms with Gasteiger partial charge in [-0.25, -0.2) is 0 Å². The van der Waals surface area contributed by atoms with Crippen LogP contribution in [0.5, 0.6) is 0 Å². The first-order chi connectivity index (χ1) is 9.00. The van der Waals surface area contributed by atoms with Crippen molar-refractivity contribution in [2.24, 2.45) is 0 Å². The van der Waals surface area contributed by atoms with Crippen molar-refractivity contribution < 1.29 is 56.2 Å². The predicted molar refractivity (Wildman–Crippen MR) is 79.9 cm³/mol. The normalized spacial score (nSPS) is 9.65. The van der Waals surface area contributed by atoms with E-state index in [0.717, 1.165) is 11.1 Å². The Balaban J connectivity index is 0.00000200. The van der Waals surface area contributed by atoms with Crippen LogP contribution in [0.2, 0.25) is 0 Å². The molecule has 0 atom stereocenters. The standard InChI is InChI=1S/C12H11N3O2S2.K/c1-6-3-2-4-7-9(6)13-5-8(10(7)16)11(17)14-15-12(18)19;/h2-5H,1H3,(H,13,16)(H,14,17)(H2,15,18,19);/q;+1/p-1. The molecule has 1 amide bonds. The van der Waals surface area contributed by atoms with Gasteiger partial charge in [0.2, 0.25) is 5.43 Å². The summed E-state index contributed by atoms with van der Waals surface area (Å²) in [6.07, 6.45) is 1.38. The van der Waals surface area contributed by atoms with E-state index in [1.807, 2.05) is 13.0 Å². The Kier molecular flexibility index (Phi) is 6.72. The summed E-state index contributed by atoms with van der Waals surface area (Å²) < 4.78 is 0.00131. The molecule has 1 aromatic heterocycles. The second kappa shape index (κ2) is 7.60. The minimum Gasteiger partial charge on any atom is -0.410 e. The fourth-order valence-electron chi connectivity index (χ4n) is 1.75. The third kappa shape index (κ3) is 3.85. The van der Waals surface area contributed by atoms with Gasteiger partial charge in [-0.3, -0.25) is 15.0 Å². The zero-order chi connectivity index (χ0) is 14.0. The molecule has 2 aromatic rings. The first-order valence-electron chi connectivity index (χ1n) is 5.39. The van der Waals surface area contributed by atoms with Crippen molar-refractivity contribution in [1.29, 1.82) is 0 Å². The zero-order valence-corrected chi connectivity index (χ0v) is 15.7. The number of para-hydroxylation sites is 1. The molecule has 0 unspecified atom stereocenters. The quantitative estimate of drug-likeness (QED) is 0.242. The van der Waals surface area contributed by atoms with E-state index >= 15 is 0 Å². The SMILES string of the molecule is Cc1cccc2c(=O)c(C(=O)NNC(=S)[S-])c[nH]c12.[K+]. The fraction of sp³-hybridized carbons (Fsp3) is 0.0833. The van der Waals surface area contributed by atoms with Gasteiger partial charge in [0.25, 0.3) is 5.91 Å². The Hall–Kier alpha value is -0.354. The van der Waals surface area contributed by atoms with Gasteiger partial charge in [0.15, 0.2) is 0 Å². The van der Waals surface area contributed by atoms with Crippen LogP contribution in [-0.4, -0.2) is 15.2 Å². The van der Waals surface area contributed by atoms with Crippen LogP contribution in [0.3, 0.4) is 0 Å². The molecule has 5 nitrogen and oxygen atoms in total. The maximum atomic E-state index is 12.2. The number of H-pyrrole nitrogens is 1. The van der Waals surface area contributed by atoms with Gasteiger partial charge in [0, 0.05) is 11.6 Å². The van der Waals surface area contributed by atoms with Gasteiger partial charge < -0.3 is 35.3 Å². The van der Waals surface area contributed by atoms with Crippen LogP contribution in [0.15, 0.2) is 29.2 Å². The van der Waals surface area contributed by atoms with Crippen molar-refractivity contribution in [3.63, 3.8) is 0 Å². The molecule has 0 spiro atoms. The second-order valence-corrected chi connectivity index (χ2v) is 4.97. The summed E-state index contributed by atoms with van der Waals surface area (Å²) >= 11 is 9.19. The van der Waals surface area contributed by atoms with E-state index in [9.17, 15) is 9.59 Å². The van der Waals surface area contributed by atoms with E-state index in [-0.39, 0.29) is 66.7 Å². The number of hydrogen-bond acceptors (Lipinski definition) is 4. The molecule has 1 heterocycles. The van der Waals surface area contributed by atoms with Gasteiger partial charge in [-0.15, -0.1) is 0 Å². The Morgan fingerprint density at radius 1 is 1.35 bits per heavy atom. The van der Waals surface area contributed by atoms with Crippen LogP contribution in [-0.2, 0) is 12.6 Å². The van der Waals surface area contributed by atoms with E-state index in [1.54, 1.807) is 12.1 Å². The largest absolute Gasteiger partial charge is 1.00 e. The number of carbonyl (C=O) groups is 1. The van der Waals surface area contributed by atoms with Crippen LogP contribution >= 0.6 is 12.2 Å². The molecule has 0 aliphatic carbocycles. The van der Waals surface area contributed by atoms with Crippen LogP contribution in [0.25, 0.3) is 10.9 Å². The summed E-state index contributed by atoms with van der Waals surface area (Å²) in [6, 6.07) is 5.32. The summed E-state index contributed by atoms with van der Waals surface area (Å²) in [5.41, 5.74) is 5.90. The van der Waals surface area contributed by atoms with Crippen molar-refractivity contribution in [3.8, 4) is 0 Å². The molecule has 0 aliphatic rings. The third-order valence-corrected chi connectivity index (χ3v) is 2.85. The number of aryl methyl sites for hydroxylation is 1. The molecule has 1 aromatic carbocycles. The molecular formula is C12H10KN3O2S2. The summed E-state index contributed by atoms with van der Waals surface area (Å²) in [7, 11) is 0. The number of nitrogens with one attached hydrogen (secondary N) is 3.